The summed E-state index contributed by atoms with van der Waals surface area (Å²) in [5.74, 6) is 0.154. The van der Waals surface area contributed by atoms with E-state index >= 15 is 0 Å². The normalized spacial score (nSPS) is 11.6. The lowest BCUT2D eigenvalue weighted by Gasteiger charge is -2.07. The molecule has 5 heteroatoms. The molecule has 5 nitrogen and oxygen atoms in total. The van der Waals surface area contributed by atoms with Gasteiger partial charge in [-0.25, -0.2) is 9.98 Å². The maximum atomic E-state index is 12.9. The molecule has 0 aliphatic rings. The molecule has 0 saturated heterocycles. The van der Waals surface area contributed by atoms with Crippen LogP contribution in [-0.4, -0.2) is 10.9 Å². The third kappa shape index (κ3) is 3.83. The molecule has 2 heterocycles. The third-order valence-corrected chi connectivity index (χ3v) is 4.32. The standard InChI is InChI=1S/C23H19N3O2/c1-15-7-10-18(11-8-15)25-23-19(13-17-5-3-4-6-20(17)28-23)22(27)26-21-12-9-16(2)14-24-21/h3-14H,1-2H3,(H,24,26,27). The van der Waals surface area contributed by atoms with Gasteiger partial charge in [0.15, 0.2) is 0 Å². The quantitative estimate of drug-likeness (QED) is 0.557. The number of fused-ring (bicyclic) bond motifs is 1. The fraction of sp³-hybridized carbons (Fsp3) is 0.0870. The van der Waals surface area contributed by atoms with Gasteiger partial charge in [0, 0.05) is 11.6 Å². The number of aryl methyl sites for hydroxylation is 2. The van der Waals surface area contributed by atoms with E-state index < -0.39 is 0 Å². The maximum Gasteiger partial charge on any atom is 0.262 e. The van der Waals surface area contributed by atoms with Crippen molar-refractivity contribution in [1.82, 2.24) is 4.98 Å². The van der Waals surface area contributed by atoms with Gasteiger partial charge in [-0.2, -0.15) is 0 Å². The number of amides is 1. The molecule has 0 aliphatic carbocycles. The Morgan fingerprint density at radius 1 is 0.964 bits per heavy atom. The van der Waals surface area contributed by atoms with Crippen LogP contribution in [0.2, 0.25) is 0 Å². The molecule has 4 aromatic rings. The second-order valence-electron chi connectivity index (χ2n) is 6.63. The van der Waals surface area contributed by atoms with Crippen LogP contribution in [0.5, 0.6) is 0 Å². The van der Waals surface area contributed by atoms with Crippen LogP contribution in [0, 0.1) is 13.8 Å². The number of hydrogen-bond acceptors (Lipinski definition) is 4. The number of carbonyl (C=O) groups excluding carboxylic acids is 1. The molecule has 2 aromatic heterocycles. The van der Waals surface area contributed by atoms with E-state index in [4.69, 9.17) is 4.42 Å². The van der Waals surface area contributed by atoms with Crippen molar-refractivity contribution in [3.63, 3.8) is 0 Å². The zero-order chi connectivity index (χ0) is 19.5. The van der Waals surface area contributed by atoms with Gasteiger partial charge < -0.3 is 9.73 Å². The number of hydrogen-bond donors (Lipinski definition) is 1. The molecule has 28 heavy (non-hydrogen) atoms. The molecular formula is C23H19N3O2. The highest BCUT2D eigenvalue weighted by atomic mass is 16.3. The Labute approximate surface area is 162 Å². The molecule has 2 aromatic carbocycles. The lowest BCUT2D eigenvalue weighted by molar-refractivity contribution is 0.102. The molecule has 0 radical (unpaired) electrons. The molecule has 0 spiro atoms. The summed E-state index contributed by atoms with van der Waals surface area (Å²) in [7, 11) is 0. The molecule has 4 rings (SSSR count). The number of pyridine rings is 1. The Morgan fingerprint density at radius 2 is 1.71 bits per heavy atom. The van der Waals surface area contributed by atoms with Crippen molar-refractivity contribution in [2.75, 3.05) is 5.32 Å². The van der Waals surface area contributed by atoms with E-state index in [9.17, 15) is 4.79 Å². The molecule has 0 fully saturated rings. The van der Waals surface area contributed by atoms with Crippen LogP contribution in [0.15, 0.2) is 82.3 Å². The monoisotopic (exact) mass is 369 g/mol. The van der Waals surface area contributed by atoms with E-state index in [0.717, 1.165) is 16.5 Å². The summed E-state index contributed by atoms with van der Waals surface area (Å²) < 4.78 is 5.96. The molecule has 1 N–H and O–H groups in total. The van der Waals surface area contributed by atoms with E-state index in [0.29, 0.717) is 22.7 Å². The highest BCUT2D eigenvalue weighted by molar-refractivity contribution is 6.04. The molecule has 1 amide bonds. The first kappa shape index (κ1) is 17.7. The Hall–Kier alpha value is -3.73. The summed E-state index contributed by atoms with van der Waals surface area (Å²) in [6.07, 6.45) is 1.71. The summed E-state index contributed by atoms with van der Waals surface area (Å²) >= 11 is 0. The summed E-state index contributed by atoms with van der Waals surface area (Å²) in [4.78, 5) is 21.7. The average Bonchev–Trinajstić information content (AvgIpc) is 2.71. The SMILES string of the molecule is Cc1ccc(N=c2oc3ccccc3cc2C(=O)Nc2ccc(C)cn2)cc1. The third-order valence-electron chi connectivity index (χ3n) is 4.32. The number of rotatable bonds is 3. The molecule has 0 aliphatic heterocycles. The van der Waals surface area contributed by atoms with Crippen molar-refractivity contribution in [2.45, 2.75) is 13.8 Å². The lowest BCUT2D eigenvalue weighted by atomic mass is 10.1. The summed E-state index contributed by atoms with van der Waals surface area (Å²) in [6, 6.07) is 20.7. The van der Waals surface area contributed by atoms with Crippen LogP contribution in [-0.2, 0) is 0 Å². The minimum atomic E-state index is -0.322. The number of para-hydroxylation sites is 1. The van der Waals surface area contributed by atoms with Crippen LogP contribution in [0.25, 0.3) is 11.0 Å². The van der Waals surface area contributed by atoms with E-state index in [-0.39, 0.29) is 11.5 Å². The first-order chi connectivity index (χ1) is 13.6. The molecule has 0 bridgehead atoms. The zero-order valence-electron chi connectivity index (χ0n) is 15.6. The van der Waals surface area contributed by atoms with Gasteiger partial charge in [0.25, 0.3) is 5.91 Å². The van der Waals surface area contributed by atoms with Crippen molar-refractivity contribution < 1.29 is 9.21 Å². The van der Waals surface area contributed by atoms with Crippen molar-refractivity contribution in [3.8, 4) is 0 Å². The molecule has 0 unspecified atom stereocenters. The number of nitrogens with zero attached hydrogens (tertiary/aromatic N) is 2. The minimum absolute atomic E-state index is 0.257. The van der Waals surface area contributed by atoms with Crippen LogP contribution >= 0.6 is 0 Å². The van der Waals surface area contributed by atoms with Gasteiger partial charge in [0.05, 0.1) is 5.69 Å². The molecule has 138 valence electrons. The van der Waals surface area contributed by atoms with Crippen LogP contribution in [0.4, 0.5) is 11.5 Å². The summed E-state index contributed by atoms with van der Waals surface area (Å²) in [5.41, 5.74) is 4.14. The largest absolute Gasteiger partial charge is 0.438 e. The fourth-order valence-electron chi connectivity index (χ4n) is 2.78. The van der Waals surface area contributed by atoms with Crippen LogP contribution in [0.3, 0.4) is 0 Å². The van der Waals surface area contributed by atoms with E-state index in [2.05, 4.69) is 15.3 Å². The number of benzene rings is 2. The second kappa shape index (κ2) is 7.48. The van der Waals surface area contributed by atoms with E-state index in [1.54, 1.807) is 18.3 Å². The Kier molecular flexibility index (Phi) is 4.72. The highest BCUT2D eigenvalue weighted by Crippen LogP contribution is 2.16. The van der Waals surface area contributed by atoms with Gasteiger partial charge in [-0.3, -0.25) is 4.79 Å². The highest BCUT2D eigenvalue weighted by Gasteiger charge is 2.13. The number of anilines is 1. The van der Waals surface area contributed by atoms with Crippen LogP contribution < -0.4 is 10.9 Å². The van der Waals surface area contributed by atoms with Crippen molar-refractivity contribution in [1.29, 1.82) is 0 Å². The van der Waals surface area contributed by atoms with Gasteiger partial charge in [-0.1, -0.05) is 42.0 Å². The van der Waals surface area contributed by atoms with Crippen molar-refractivity contribution in [3.05, 3.63) is 95.2 Å². The second-order valence-corrected chi connectivity index (χ2v) is 6.63. The fourth-order valence-corrected chi connectivity index (χ4v) is 2.78. The van der Waals surface area contributed by atoms with Crippen molar-refractivity contribution >= 4 is 28.4 Å². The van der Waals surface area contributed by atoms with Gasteiger partial charge in [-0.05, 0) is 49.7 Å². The maximum absolute atomic E-state index is 12.9. The first-order valence-corrected chi connectivity index (χ1v) is 8.97. The summed E-state index contributed by atoms with van der Waals surface area (Å²) in [5, 5.41) is 3.64. The zero-order valence-corrected chi connectivity index (χ0v) is 15.6. The number of carbonyl (C=O) groups is 1. The van der Waals surface area contributed by atoms with Gasteiger partial charge in [0.2, 0.25) is 5.55 Å². The minimum Gasteiger partial charge on any atom is -0.438 e. The smallest absolute Gasteiger partial charge is 0.262 e. The molecule has 0 saturated carbocycles. The van der Waals surface area contributed by atoms with E-state index in [1.165, 1.54) is 0 Å². The summed E-state index contributed by atoms with van der Waals surface area (Å²) in [6.45, 7) is 3.96. The van der Waals surface area contributed by atoms with Gasteiger partial charge in [0.1, 0.15) is 17.0 Å². The van der Waals surface area contributed by atoms with Crippen molar-refractivity contribution in [2.24, 2.45) is 4.99 Å². The lowest BCUT2D eigenvalue weighted by Crippen LogP contribution is -2.22. The van der Waals surface area contributed by atoms with Gasteiger partial charge in [-0.15, -0.1) is 0 Å². The molecule has 0 atom stereocenters. The average molecular weight is 369 g/mol. The predicted molar refractivity (Wildman–Crippen MR) is 110 cm³/mol. The number of aromatic nitrogens is 1. The Bertz CT molecular complexity index is 1210. The number of nitrogens with one attached hydrogen (secondary N) is 1. The van der Waals surface area contributed by atoms with E-state index in [1.807, 2.05) is 68.4 Å². The van der Waals surface area contributed by atoms with Gasteiger partial charge >= 0.3 is 0 Å². The Balaban J connectivity index is 1.81. The van der Waals surface area contributed by atoms with Crippen LogP contribution in [0.1, 0.15) is 21.5 Å². The topological polar surface area (TPSA) is 67.5 Å². The predicted octanol–water partition coefficient (Wildman–Crippen LogP) is 4.93. The molecular weight excluding hydrogens is 350 g/mol. The Morgan fingerprint density at radius 3 is 2.46 bits per heavy atom. The first-order valence-electron chi connectivity index (χ1n) is 8.97.